The smallest absolute Gasteiger partial charge is 0.232 e. The SMILES string of the molecule is COc1cccc(N(CCCC(=O)N2CCN(c3ccc(F)cc3)CC2)S(C)(=O)=O)c1. The first-order valence-electron chi connectivity index (χ1n) is 10.2. The summed E-state index contributed by atoms with van der Waals surface area (Å²) in [4.78, 5) is 16.5. The number of halogens is 1. The molecule has 1 fully saturated rings. The maximum Gasteiger partial charge on any atom is 0.232 e. The average molecular weight is 450 g/mol. The van der Waals surface area contributed by atoms with Gasteiger partial charge in [0.15, 0.2) is 0 Å². The summed E-state index contributed by atoms with van der Waals surface area (Å²) in [5.74, 6) is 0.314. The topological polar surface area (TPSA) is 70.2 Å². The molecular formula is C22H28FN3O4S. The van der Waals surface area contributed by atoms with Gasteiger partial charge >= 0.3 is 0 Å². The van der Waals surface area contributed by atoms with Gasteiger partial charge in [0.2, 0.25) is 15.9 Å². The lowest BCUT2D eigenvalue weighted by atomic mass is 10.2. The number of amides is 1. The van der Waals surface area contributed by atoms with Crippen molar-refractivity contribution in [1.82, 2.24) is 4.90 Å². The molecule has 1 aliphatic heterocycles. The van der Waals surface area contributed by atoms with Crippen LogP contribution in [-0.4, -0.2) is 65.3 Å². The summed E-state index contributed by atoms with van der Waals surface area (Å²) in [6.07, 6.45) is 1.84. The molecule has 0 atom stereocenters. The second-order valence-electron chi connectivity index (χ2n) is 7.48. The predicted octanol–water partition coefficient (Wildman–Crippen LogP) is 2.73. The van der Waals surface area contributed by atoms with E-state index in [9.17, 15) is 17.6 Å². The van der Waals surface area contributed by atoms with E-state index in [1.165, 1.54) is 23.5 Å². The average Bonchev–Trinajstić information content (AvgIpc) is 2.76. The van der Waals surface area contributed by atoms with Crippen LogP contribution >= 0.6 is 0 Å². The number of sulfonamides is 1. The highest BCUT2D eigenvalue weighted by molar-refractivity contribution is 7.92. The normalized spacial score (nSPS) is 14.4. The molecule has 0 aromatic heterocycles. The van der Waals surface area contributed by atoms with Crippen LogP contribution in [0.4, 0.5) is 15.8 Å². The molecule has 2 aromatic carbocycles. The Kier molecular flexibility index (Phi) is 7.37. The summed E-state index contributed by atoms with van der Waals surface area (Å²) in [5.41, 5.74) is 1.46. The fourth-order valence-electron chi connectivity index (χ4n) is 3.65. The number of methoxy groups -OCH3 is 1. The van der Waals surface area contributed by atoms with Crippen LogP contribution in [0.2, 0.25) is 0 Å². The van der Waals surface area contributed by atoms with E-state index in [1.807, 2.05) is 0 Å². The second kappa shape index (κ2) is 10.00. The van der Waals surface area contributed by atoms with Crippen molar-refractivity contribution in [1.29, 1.82) is 0 Å². The zero-order chi connectivity index (χ0) is 22.4. The molecule has 1 amide bonds. The molecule has 0 aliphatic carbocycles. The minimum absolute atomic E-state index is 0.0119. The van der Waals surface area contributed by atoms with Crippen molar-refractivity contribution in [2.24, 2.45) is 0 Å². The third-order valence-electron chi connectivity index (χ3n) is 5.32. The van der Waals surface area contributed by atoms with Gasteiger partial charge in [-0.25, -0.2) is 12.8 Å². The Balaban J connectivity index is 1.52. The van der Waals surface area contributed by atoms with Crippen LogP contribution in [0.5, 0.6) is 5.75 Å². The quantitative estimate of drug-likeness (QED) is 0.620. The summed E-state index contributed by atoms with van der Waals surface area (Å²) in [5, 5.41) is 0. The Bertz CT molecular complexity index is 990. The fraction of sp³-hybridized carbons (Fsp3) is 0.409. The zero-order valence-electron chi connectivity index (χ0n) is 17.8. The van der Waals surface area contributed by atoms with Gasteiger partial charge in [-0.2, -0.15) is 0 Å². The number of carbonyl (C=O) groups excluding carboxylic acids is 1. The lowest BCUT2D eigenvalue weighted by Gasteiger charge is -2.36. The van der Waals surface area contributed by atoms with Crippen LogP contribution < -0.4 is 13.9 Å². The first-order valence-corrected chi connectivity index (χ1v) is 12.0. The molecule has 0 bridgehead atoms. The van der Waals surface area contributed by atoms with E-state index >= 15 is 0 Å². The van der Waals surface area contributed by atoms with Gasteiger partial charge in [-0.1, -0.05) is 6.07 Å². The van der Waals surface area contributed by atoms with E-state index in [0.717, 1.165) is 11.9 Å². The zero-order valence-corrected chi connectivity index (χ0v) is 18.6. The Morgan fingerprint density at radius 1 is 1.10 bits per heavy atom. The molecule has 1 saturated heterocycles. The van der Waals surface area contributed by atoms with E-state index in [4.69, 9.17) is 4.74 Å². The molecule has 0 unspecified atom stereocenters. The molecule has 1 heterocycles. The lowest BCUT2D eigenvalue weighted by molar-refractivity contribution is -0.131. The van der Waals surface area contributed by atoms with Gasteiger partial charge in [0.05, 0.1) is 19.1 Å². The molecule has 7 nitrogen and oxygen atoms in total. The summed E-state index contributed by atoms with van der Waals surface area (Å²) < 4.78 is 44.1. The van der Waals surface area contributed by atoms with Crippen molar-refractivity contribution in [3.05, 3.63) is 54.3 Å². The first kappa shape index (κ1) is 22.9. The van der Waals surface area contributed by atoms with Crippen molar-refractivity contribution in [3.8, 4) is 5.75 Å². The molecule has 9 heteroatoms. The summed E-state index contributed by atoms with van der Waals surface area (Å²) in [7, 11) is -1.96. The highest BCUT2D eigenvalue weighted by Gasteiger charge is 2.23. The number of hydrogen-bond acceptors (Lipinski definition) is 5. The maximum atomic E-state index is 13.1. The van der Waals surface area contributed by atoms with Gasteiger partial charge in [0.25, 0.3) is 0 Å². The third kappa shape index (κ3) is 6.10. The molecule has 0 N–H and O–H groups in total. The largest absolute Gasteiger partial charge is 0.497 e. The molecule has 0 spiro atoms. The Morgan fingerprint density at radius 3 is 2.39 bits per heavy atom. The van der Waals surface area contributed by atoms with Crippen molar-refractivity contribution in [3.63, 3.8) is 0 Å². The van der Waals surface area contributed by atoms with Crippen molar-refractivity contribution >= 4 is 27.3 Å². The molecule has 1 aliphatic rings. The van der Waals surface area contributed by atoms with Gasteiger partial charge in [0.1, 0.15) is 11.6 Å². The number of nitrogens with zero attached hydrogens (tertiary/aromatic N) is 3. The molecule has 0 saturated carbocycles. The maximum absolute atomic E-state index is 13.1. The van der Waals surface area contributed by atoms with E-state index in [1.54, 1.807) is 41.3 Å². The molecule has 0 radical (unpaired) electrons. The standard InChI is InChI=1S/C22H28FN3O4S/c1-30-21-6-3-5-20(17-21)26(31(2,28)29)12-4-7-22(27)25-15-13-24(14-16-25)19-10-8-18(23)9-11-19/h3,5-6,8-11,17H,4,7,12-16H2,1-2H3. The van der Waals surface area contributed by atoms with Crippen LogP contribution in [0.15, 0.2) is 48.5 Å². The lowest BCUT2D eigenvalue weighted by Crippen LogP contribution is -2.48. The number of rotatable bonds is 8. The molecule has 2 aromatic rings. The van der Waals surface area contributed by atoms with E-state index in [0.29, 0.717) is 44.0 Å². The number of anilines is 2. The number of benzene rings is 2. The number of hydrogen-bond donors (Lipinski definition) is 0. The van der Waals surface area contributed by atoms with E-state index in [2.05, 4.69) is 4.90 Å². The summed E-state index contributed by atoms with van der Waals surface area (Å²) >= 11 is 0. The van der Waals surface area contributed by atoms with Gasteiger partial charge < -0.3 is 14.5 Å². The Labute approximate surface area is 183 Å². The molecule has 31 heavy (non-hydrogen) atoms. The van der Waals surface area contributed by atoms with Gasteiger partial charge in [-0.05, 0) is 42.8 Å². The van der Waals surface area contributed by atoms with Crippen molar-refractivity contribution in [2.75, 3.05) is 55.3 Å². The van der Waals surface area contributed by atoms with E-state index in [-0.39, 0.29) is 24.7 Å². The Morgan fingerprint density at radius 2 is 1.77 bits per heavy atom. The van der Waals surface area contributed by atoms with Crippen molar-refractivity contribution in [2.45, 2.75) is 12.8 Å². The first-order chi connectivity index (χ1) is 14.8. The minimum Gasteiger partial charge on any atom is -0.497 e. The molecule has 168 valence electrons. The minimum atomic E-state index is -3.49. The number of piperazine rings is 1. The van der Waals surface area contributed by atoms with E-state index < -0.39 is 10.0 Å². The van der Waals surface area contributed by atoms with Crippen molar-refractivity contribution < 1.29 is 22.3 Å². The number of carbonyl (C=O) groups is 1. The van der Waals surface area contributed by atoms with Gasteiger partial charge in [0, 0.05) is 50.9 Å². The van der Waals surface area contributed by atoms with Crippen LogP contribution in [0, 0.1) is 5.82 Å². The van der Waals surface area contributed by atoms with Crippen LogP contribution in [-0.2, 0) is 14.8 Å². The monoisotopic (exact) mass is 449 g/mol. The highest BCUT2D eigenvalue weighted by Crippen LogP contribution is 2.24. The fourth-order valence-corrected chi connectivity index (χ4v) is 4.61. The highest BCUT2D eigenvalue weighted by atomic mass is 32.2. The Hall–Kier alpha value is -2.81. The second-order valence-corrected chi connectivity index (χ2v) is 9.39. The van der Waals surface area contributed by atoms with Crippen LogP contribution in [0.1, 0.15) is 12.8 Å². The summed E-state index contributed by atoms with van der Waals surface area (Å²) in [6.45, 7) is 2.74. The van der Waals surface area contributed by atoms with Crippen LogP contribution in [0.25, 0.3) is 0 Å². The number of ether oxygens (including phenoxy) is 1. The van der Waals surface area contributed by atoms with Gasteiger partial charge in [-0.15, -0.1) is 0 Å². The third-order valence-corrected chi connectivity index (χ3v) is 6.51. The van der Waals surface area contributed by atoms with Gasteiger partial charge in [-0.3, -0.25) is 9.10 Å². The predicted molar refractivity (Wildman–Crippen MR) is 120 cm³/mol. The van der Waals surface area contributed by atoms with Crippen LogP contribution in [0.3, 0.4) is 0 Å². The molecule has 3 rings (SSSR count). The molecular weight excluding hydrogens is 421 g/mol. The summed E-state index contributed by atoms with van der Waals surface area (Å²) in [6, 6.07) is 13.2.